The summed E-state index contributed by atoms with van der Waals surface area (Å²) in [6.07, 6.45) is -3.50. The van der Waals surface area contributed by atoms with Crippen molar-refractivity contribution in [1.82, 2.24) is 15.2 Å². The van der Waals surface area contributed by atoms with Crippen LogP contribution in [0.1, 0.15) is 15.9 Å². The lowest BCUT2D eigenvalue weighted by Gasteiger charge is -2.12. The lowest BCUT2D eigenvalue weighted by molar-refractivity contribution is -0.137. The summed E-state index contributed by atoms with van der Waals surface area (Å²) < 4.78 is 38.7. The zero-order chi connectivity index (χ0) is 14.0. The lowest BCUT2D eigenvalue weighted by atomic mass is 10.1. The molecule has 0 spiro atoms. The number of alkyl halides is 3. The van der Waals surface area contributed by atoms with E-state index in [0.29, 0.717) is 0 Å². The Bertz CT molecular complexity index is 597. The second-order valence-electron chi connectivity index (χ2n) is 3.48. The van der Waals surface area contributed by atoms with Gasteiger partial charge in [0.2, 0.25) is 5.95 Å². The number of carbonyl (C=O) groups is 1. The molecular formula is C10H6BrF3N4O. The van der Waals surface area contributed by atoms with E-state index in [4.69, 9.17) is 0 Å². The number of amides is 1. The number of nitrogens with zero attached hydrogens (tertiary/aromatic N) is 2. The highest BCUT2D eigenvalue weighted by atomic mass is 79.9. The molecule has 0 radical (unpaired) electrons. The Balaban J connectivity index is 2.36. The van der Waals surface area contributed by atoms with Gasteiger partial charge in [-0.25, -0.2) is 5.10 Å². The first-order valence-corrected chi connectivity index (χ1v) is 5.70. The number of hydrogen-bond donors (Lipinski definition) is 2. The van der Waals surface area contributed by atoms with Crippen LogP contribution in [0.2, 0.25) is 0 Å². The third-order valence-corrected chi connectivity index (χ3v) is 2.67. The van der Waals surface area contributed by atoms with Crippen LogP contribution >= 0.6 is 15.9 Å². The van der Waals surface area contributed by atoms with E-state index in [1.807, 2.05) is 0 Å². The van der Waals surface area contributed by atoms with Crippen molar-refractivity contribution in [1.29, 1.82) is 0 Å². The Labute approximate surface area is 113 Å². The highest BCUT2D eigenvalue weighted by Crippen LogP contribution is 2.34. The zero-order valence-corrected chi connectivity index (χ0v) is 10.7. The van der Waals surface area contributed by atoms with Crippen LogP contribution in [-0.2, 0) is 6.18 Å². The highest BCUT2D eigenvalue weighted by molar-refractivity contribution is 9.10. The number of benzene rings is 1. The SMILES string of the molecule is O=C(Nc1ncn[nH]1)c1ccc(Br)cc1C(F)(F)F. The molecule has 100 valence electrons. The van der Waals surface area contributed by atoms with Gasteiger partial charge in [0.05, 0.1) is 11.1 Å². The van der Waals surface area contributed by atoms with Gasteiger partial charge in [0, 0.05) is 4.47 Å². The van der Waals surface area contributed by atoms with E-state index in [2.05, 4.69) is 36.4 Å². The fourth-order valence-electron chi connectivity index (χ4n) is 1.39. The molecule has 2 rings (SSSR count). The lowest BCUT2D eigenvalue weighted by Crippen LogP contribution is -2.19. The van der Waals surface area contributed by atoms with E-state index >= 15 is 0 Å². The van der Waals surface area contributed by atoms with Crippen molar-refractivity contribution in [3.63, 3.8) is 0 Å². The van der Waals surface area contributed by atoms with E-state index in [1.54, 1.807) is 0 Å². The van der Waals surface area contributed by atoms with E-state index in [1.165, 1.54) is 6.07 Å². The van der Waals surface area contributed by atoms with Gasteiger partial charge in [-0.05, 0) is 18.2 Å². The number of H-pyrrole nitrogens is 1. The Morgan fingerprint density at radius 3 is 2.68 bits per heavy atom. The number of rotatable bonds is 2. The summed E-state index contributed by atoms with van der Waals surface area (Å²) in [7, 11) is 0. The quantitative estimate of drug-likeness (QED) is 0.887. The Hall–Kier alpha value is -1.90. The van der Waals surface area contributed by atoms with Gasteiger partial charge in [-0.2, -0.15) is 23.3 Å². The molecule has 1 amide bonds. The molecule has 0 fully saturated rings. The standard InChI is InChI=1S/C10H6BrF3N4O/c11-5-1-2-6(7(3-5)10(12,13)14)8(19)17-9-15-4-16-18-9/h1-4H,(H2,15,16,17,18,19). The van der Waals surface area contributed by atoms with Gasteiger partial charge >= 0.3 is 6.18 Å². The third kappa shape index (κ3) is 3.11. The van der Waals surface area contributed by atoms with E-state index in [-0.39, 0.29) is 10.4 Å². The zero-order valence-electron chi connectivity index (χ0n) is 9.12. The van der Waals surface area contributed by atoms with Gasteiger partial charge < -0.3 is 0 Å². The minimum Gasteiger partial charge on any atom is -0.291 e. The number of halogens is 4. The topological polar surface area (TPSA) is 70.7 Å². The highest BCUT2D eigenvalue weighted by Gasteiger charge is 2.35. The number of nitrogens with one attached hydrogen (secondary N) is 2. The van der Waals surface area contributed by atoms with Crippen molar-refractivity contribution in [2.24, 2.45) is 0 Å². The summed E-state index contributed by atoms with van der Waals surface area (Å²) in [6, 6.07) is 3.28. The number of carbonyl (C=O) groups excluding carboxylic acids is 1. The predicted molar refractivity (Wildman–Crippen MR) is 63.5 cm³/mol. The van der Waals surface area contributed by atoms with Crippen LogP contribution in [0.5, 0.6) is 0 Å². The van der Waals surface area contributed by atoms with E-state index in [0.717, 1.165) is 18.5 Å². The fourth-order valence-corrected chi connectivity index (χ4v) is 1.75. The largest absolute Gasteiger partial charge is 0.417 e. The van der Waals surface area contributed by atoms with Crippen molar-refractivity contribution in [2.75, 3.05) is 5.32 Å². The first kappa shape index (κ1) is 13.5. The van der Waals surface area contributed by atoms with Crippen molar-refractivity contribution in [3.8, 4) is 0 Å². The molecule has 0 aliphatic rings. The van der Waals surface area contributed by atoms with Gasteiger partial charge in [-0.15, -0.1) is 0 Å². The summed E-state index contributed by atoms with van der Waals surface area (Å²) >= 11 is 2.94. The summed E-state index contributed by atoms with van der Waals surface area (Å²) in [4.78, 5) is 15.4. The average molecular weight is 335 g/mol. The maximum absolute atomic E-state index is 12.8. The molecule has 9 heteroatoms. The molecule has 1 aromatic carbocycles. The normalized spacial score (nSPS) is 11.4. The van der Waals surface area contributed by atoms with Gasteiger partial charge in [0.15, 0.2) is 0 Å². The van der Waals surface area contributed by atoms with Crippen molar-refractivity contribution >= 4 is 27.8 Å². The van der Waals surface area contributed by atoms with Crippen molar-refractivity contribution in [2.45, 2.75) is 6.18 Å². The third-order valence-electron chi connectivity index (χ3n) is 2.18. The molecular weight excluding hydrogens is 329 g/mol. The molecule has 1 aromatic heterocycles. The second kappa shape index (κ2) is 5.00. The summed E-state index contributed by atoms with van der Waals surface area (Å²) in [5.74, 6) is -0.947. The molecule has 0 aliphatic carbocycles. The molecule has 2 aromatic rings. The molecule has 0 bridgehead atoms. The monoisotopic (exact) mass is 334 g/mol. The minimum atomic E-state index is -4.63. The smallest absolute Gasteiger partial charge is 0.291 e. The molecule has 0 unspecified atom stereocenters. The molecule has 0 saturated carbocycles. The first-order chi connectivity index (χ1) is 8.88. The summed E-state index contributed by atoms with van der Waals surface area (Å²) in [5, 5.41) is 7.98. The van der Waals surface area contributed by atoms with Crippen LogP contribution in [-0.4, -0.2) is 21.1 Å². The fraction of sp³-hybridized carbons (Fsp3) is 0.100. The van der Waals surface area contributed by atoms with Crippen molar-refractivity contribution in [3.05, 3.63) is 40.1 Å². The molecule has 0 atom stereocenters. The van der Waals surface area contributed by atoms with E-state index < -0.39 is 23.2 Å². The predicted octanol–water partition coefficient (Wildman–Crippen LogP) is 2.84. The van der Waals surface area contributed by atoms with Crippen LogP contribution in [0, 0.1) is 0 Å². The number of aromatic amines is 1. The molecule has 0 aliphatic heterocycles. The van der Waals surface area contributed by atoms with Crippen molar-refractivity contribution < 1.29 is 18.0 Å². The summed E-state index contributed by atoms with van der Waals surface area (Å²) in [6.45, 7) is 0. The molecule has 2 N–H and O–H groups in total. The van der Waals surface area contributed by atoms with Crippen LogP contribution in [0.25, 0.3) is 0 Å². The van der Waals surface area contributed by atoms with Crippen LogP contribution in [0.15, 0.2) is 29.0 Å². The molecule has 5 nitrogen and oxygen atoms in total. The molecule has 1 heterocycles. The van der Waals surface area contributed by atoms with Gasteiger partial charge in [-0.3, -0.25) is 10.1 Å². The van der Waals surface area contributed by atoms with Gasteiger partial charge in [0.25, 0.3) is 5.91 Å². The number of aromatic nitrogens is 3. The molecule has 0 saturated heterocycles. The van der Waals surface area contributed by atoms with E-state index in [9.17, 15) is 18.0 Å². The number of anilines is 1. The molecule has 19 heavy (non-hydrogen) atoms. The first-order valence-electron chi connectivity index (χ1n) is 4.91. The summed E-state index contributed by atoms with van der Waals surface area (Å²) in [5.41, 5.74) is -1.52. The van der Waals surface area contributed by atoms with Crippen LogP contribution < -0.4 is 5.32 Å². The average Bonchev–Trinajstić information content (AvgIpc) is 2.80. The maximum atomic E-state index is 12.8. The Morgan fingerprint density at radius 1 is 1.37 bits per heavy atom. The van der Waals surface area contributed by atoms with Gasteiger partial charge in [-0.1, -0.05) is 15.9 Å². The maximum Gasteiger partial charge on any atom is 0.417 e. The van der Waals surface area contributed by atoms with Crippen LogP contribution in [0.4, 0.5) is 19.1 Å². The number of hydrogen-bond acceptors (Lipinski definition) is 3. The Kier molecular flexibility index (Phi) is 3.56. The second-order valence-corrected chi connectivity index (χ2v) is 4.39. The minimum absolute atomic E-state index is 0.0268. The van der Waals surface area contributed by atoms with Gasteiger partial charge in [0.1, 0.15) is 6.33 Å². The van der Waals surface area contributed by atoms with Crippen LogP contribution in [0.3, 0.4) is 0 Å². The Morgan fingerprint density at radius 2 is 2.11 bits per heavy atom.